The minimum atomic E-state index is 0.538. The van der Waals surface area contributed by atoms with Crippen LogP contribution in [0.1, 0.15) is 25.7 Å². The molecule has 5 heteroatoms. The zero-order valence-electron chi connectivity index (χ0n) is 12.5. The van der Waals surface area contributed by atoms with E-state index in [0.29, 0.717) is 11.2 Å². The summed E-state index contributed by atoms with van der Waals surface area (Å²) in [4.78, 5) is 0. The summed E-state index contributed by atoms with van der Waals surface area (Å²) < 4.78 is 10.5. The van der Waals surface area contributed by atoms with Gasteiger partial charge in [0.15, 0.2) is 5.11 Å². The van der Waals surface area contributed by atoms with Gasteiger partial charge in [-0.05, 0) is 43.3 Å². The maximum atomic E-state index is 5.44. The highest BCUT2D eigenvalue weighted by Gasteiger charge is 2.39. The number of hydrogen-bond acceptors (Lipinski definition) is 3. The van der Waals surface area contributed by atoms with Crippen LogP contribution in [0.2, 0.25) is 0 Å². The van der Waals surface area contributed by atoms with Crippen LogP contribution in [0.4, 0.5) is 5.69 Å². The molecule has 0 aromatic heterocycles. The van der Waals surface area contributed by atoms with Gasteiger partial charge in [0.2, 0.25) is 0 Å². The van der Waals surface area contributed by atoms with Crippen LogP contribution in [0.3, 0.4) is 0 Å². The molecule has 0 saturated heterocycles. The lowest BCUT2D eigenvalue weighted by Gasteiger charge is -2.24. The van der Waals surface area contributed by atoms with Gasteiger partial charge in [0.25, 0.3) is 0 Å². The zero-order valence-corrected chi connectivity index (χ0v) is 13.3. The van der Waals surface area contributed by atoms with Crippen LogP contribution in [0.15, 0.2) is 18.2 Å². The first kappa shape index (κ1) is 14.4. The van der Waals surface area contributed by atoms with Crippen LogP contribution in [-0.4, -0.2) is 25.4 Å². The predicted octanol–water partition coefficient (Wildman–Crippen LogP) is 3.18. The lowest BCUT2D eigenvalue weighted by molar-refractivity contribution is 0.391. The molecule has 0 spiro atoms. The van der Waals surface area contributed by atoms with Crippen LogP contribution < -0.4 is 20.1 Å². The van der Waals surface area contributed by atoms with Crippen LogP contribution in [0.25, 0.3) is 0 Å². The third kappa shape index (κ3) is 3.23. The maximum absolute atomic E-state index is 5.44. The molecule has 2 saturated carbocycles. The van der Waals surface area contributed by atoms with Gasteiger partial charge >= 0.3 is 0 Å². The summed E-state index contributed by atoms with van der Waals surface area (Å²) >= 11 is 5.44. The zero-order chi connectivity index (χ0) is 14.8. The molecule has 2 aliphatic carbocycles. The Morgan fingerprint density at radius 3 is 2.33 bits per heavy atom. The second-order valence-corrected chi connectivity index (χ2v) is 6.39. The van der Waals surface area contributed by atoms with Gasteiger partial charge in [0, 0.05) is 29.9 Å². The molecule has 21 heavy (non-hydrogen) atoms. The number of rotatable bonds is 4. The highest BCUT2D eigenvalue weighted by Crippen LogP contribution is 2.44. The molecule has 0 radical (unpaired) electrons. The van der Waals surface area contributed by atoms with Crippen molar-refractivity contribution in [1.82, 2.24) is 5.32 Å². The number of anilines is 1. The van der Waals surface area contributed by atoms with E-state index in [4.69, 9.17) is 21.7 Å². The highest BCUT2D eigenvalue weighted by atomic mass is 32.1. The first-order chi connectivity index (χ1) is 10.2. The molecule has 3 atom stereocenters. The molecule has 2 bridgehead atoms. The minimum Gasteiger partial charge on any atom is -0.497 e. The smallest absolute Gasteiger partial charge is 0.171 e. The monoisotopic (exact) mass is 306 g/mol. The number of nitrogens with one attached hydrogen (secondary N) is 2. The molecule has 2 N–H and O–H groups in total. The summed E-state index contributed by atoms with van der Waals surface area (Å²) in [6.07, 6.45) is 5.37. The van der Waals surface area contributed by atoms with Crippen molar-refractivity contribution in [2.24, 2.45) is 11.8 Å². The first-order valence-corrected chi connectivity index (χ1v) is 7.89. The average molecular weight is 306 g/mol. The summed E-state index contributed by atoms with van der Waals surface area (Å²) in [7, 11) is 3.29. The van der Waals surface area contributed by atoms with Crippen molar-refractivity contribution >= 4 is 23.0 Å². The third-order valence-corrected chi connectivity index (χ3v) is 4.88. The van der Waals surface area contributed by atoms with Crippen LogP contribution in [0, 0.1) is 11.8 Å². The van der Waals surface area contributed by atoms with Gasteiger partial charge < -0.3 is 20.1 Å². The molecule has 0 aliphatic heterocycles. The molecule has 2 fully saturated rings. The molecule has 0 amide bonds. The van der Waals surface area contributed by atoms with Gasteiger partial charge in [-0.2, -0.15) is 0 Å². The number of ether oxygens (including phenoxy) is 2. The first-order valence-electron chi connectivity index (χ1n) is 7.48. The molecule has 2 aliphatic rings. The lowest BCUT2D eigenvalue weighted by Crippen LogP contribution is -2.40. The van der Waals surface area contributed by atoms with Crippen molar-refractivity contribution in [3.63, 3.8) is 0 Å². The van der Waals surface area contributed by atoms with Crippen molar-refractivity contribution < 1.29 is 9.47 Å². The van der Waals surface area contributed by atoms with Crippen molar-refractivity contribution in [3.05, 3.63) is 18.2 Å². The van der Waals surface area contributed by atoms with Gasteiger partial charge in [0.05, 0.1) is 14.2 Å². The fraction of sp³-hybridized carbons (Fsp3) is 0.562. The Hall–Kier alpha value is -1.49. The van der Waals surface area contributed by atoms with Crippen LogP contribution in [0.5, 0.6) is 11.5 Å². The number of hydrogen-bond donors (Lipinski definition) is 2. The van der Waals surface area contributed by atoms with E-state index >= 15 is 0 Å². The fourth-order valence-electron chi connectivity index (χ4n) is 3.64. The van der Waals surface area contributed by atoms with E-state index in [-0.39, 0.29) is 0 Å². The van der Waals surface area contributed by atoms with E-state index in [9.17, 15) is 0 Å². The number of fused-ring (bicyclic) bond motifs is 2. The van der Waals surface area contributed by atoms with E-state index in [0.717, 1.165) is 29.0 Å². The average Bonchev–Trinajstić information content (AvgIpc) is 3.09. The van der Waals surface area contributed by atoms with Gasteiger partial charge in [-0.1, -0.05) is 6.42 Å². The summed E-state index contributed by atoms with van der Waals surface area (Å²) in [5.41, 5.74) is 0.881. The molecule has 4 nitrogen and oxygen atoms in total. The summed E-state index contributed by atoms with van der Waals surface area (Å²) in [5.74, 6) is 3.21. The van der Waals surface area contributed by atoms with Crippen molar-refractivity contribution in [2.45, 2.75) is 31.7 Å². The Labute approximate surface area is 131 Å². The standard InChI is InChI=1S/C16H22N2O2S/c1-19-13-7-12(8-14(9-13)20-2)17-16(21)18-15-6-10-3-4-11(15)5-10/h7-11,15H,3-6H2,1-2H3,(H2,17,18,21). The topological polar surface area (TPSA) is 42.5 Å². The molecule has 1 aromatic rings. The van der Waals surface area contributed by atoms with Crippen molar-refractivity contribution in [1.29, 1.82) is 0 Å². The maximum Gasteiger partial charge on any atom is 0.171 e. The highest BCUT2D eigenvalue weighted by molar-refractivity contribution is 7.80. The van der Waals surface area contributed by atoms with Gasteiger partial charge in [-0.25, -0.2) is 0 Å². The molecule has 3 unspecified atom stereocenters. The number of methoxy groups -OCH3 is 2. The largest absolute Gasteiger partial charge is 0.497 e. The molecule has 1 aromatic carbocycles. The molecular formula is C16H22N2O2S. The summed E-state index contributed by atoms with van der Waals surface area (Å²) in [6, 6.07) is 6.21. The number of benzene rings is 1. The lowest BCUT2D eigenvalue weighted by atomic mass is 9.96. The van der Waals surface area contributed by atoms with Crippen LogP contribution in [-0.2, 0) is 0 Å². The Kier molecular flexibility index (Phi) is 4.19. The Balaban J connectivity index is 1.61. The van der Waals surface area contributed by atoms with E-state index in [1.807, 2.05) is 18.2 Å². The fourth-order valence-corrected chi connectivity index (χ4v) is 3.91. The SMILES string of the molecule is COc1cc(NC(=S)NC2CC3CCC2C3)cc(OC)c1. The van der Waals surface area contributed by atoms with E-state index in [2.05, 4.69) is 10.6 Å². The second-order valence-electron chi connectivity index (χ2n) is 5.98. The summed E-state index contributed by atoms with van der Waals surface area (Å²) in [5, 5.41) is 7.39. The van der Waals surface area contributed by atoms with Crippen molar-refractivity contribution in [2.75, 3.05) is 19.5 Å². The molecule has 3 rings (SSSR count). The van der Waals surface area contributed by atoms with Crippen LogP contribution >= 0.6 is 12.2 Å². The Morgan fingerprint density at radius 1 is 1.10 bits per heavy atom. The predicted molar refractivity (Wildman–Crippen MR) is 88.1 cm³/mol. The van der Waals surface area contributed by atoms with E-state index in [1.165, 1.54) is 25.7 Å². The van der Waals surface area contributed by atoms with Gasteiger partial charge in [0.1, 0.15) is 11.5 Å². The quantitative estimate of drug-likeness (QED) is 0.836. The van der Waals surface area contributed by atoms with E-state index < -0.39 is 0 Å². The normalized spacial score (nSPS) is 26.5. The number of thiocarbonyl (C=S) groups is 1. The molecular weight excluding hydrogens is 284 g/mol. The Bertz CT molecular complexity index is 513. The second kappa shape index (κ2) is 6.10. The van der Waals surface area contributed by atoms with Gasteiger partial charge in [-0.3, -0.25) is 0 Å². The van der Waals surface area contributed by atoms with Gasteiger partial charge in [-0.15, -0.1) is 0 Å². The summed E-state index contributed by atoms with van der Waals surface area (Å²) in [6.45, 7) is 0. The van der Waals surface area contributed by atoms with Crippen molar-refractivity contribution in [3.8, 4) is 11.5 Å². The Morgan fingerprint density at radius 2 is 1.81 bits per heavy atom. The molecule has 114 valence electrons. The van der Waals surface area contributed by atoms with E-state index in [1.54, 1.807) is 14.2 Å². The third-order valence-electron chi connectivity index (χ3n) is 4.66. The molecule has 0 heterocycles. The minimum absolute atomic E-state index is 0.538.